The highest BCUT2D eigenvalue weighted by Gasteiger charge is 2.35. The molecule has 1 atom stereocenters. The van der Waals surface area contributed by atoms with E-state index in [2.05, 4.69) is 71.0 Å². The molecular weight excluding hydrogens is 360 g/mol. The van der Waals surface area contributed by atoms with Gasteiger partial charge in [0, 0.05) is 5.92 Å². The summed E-state index contributed by atoms with van der Waals surface area (Å²) in [4.78, 5) is 0. The predicted molar refractivity (Wildman–Crippen MR) is 130 cm³/mol. The molecule has 5 rings (SSSR count). The maximum atomic E-state index is 2.43. The van der Waals surface area contributed by atoms with Crippen LogP contribution >= 0.6 is 0 Å². The van der Waals surface area contributed by atoms with Gasteiger partial charge in [-0.3, -0.25) is 0 Å². The van der Waals surface area contributed by atoms with Crippen LogP contribution in [0.5, 0.6) is 0 Å². The third kappa shape index (κ3) is 3.03. The van der Waals surface area contributed by atoms with Crippen LogP contribution in [0.15, 0.2) is 47.5 Å². The molecule has 2 aromatic rings. The summed E-state index contributed by atoms with van der Waals surface area (Å²) in [6.07, 6.45) is 7.66. The van der Waals surface area contributed by atoms with Crippen molar-refractivity contribution in [1.82, 2.24) is 0 Å². The molecule has 0 heterocycles. The van der Waals surface area contributed by atoms with Crippen LogP contribution in [0.25, 0.3) is 11.1 Å². The van der Waals surface area contributed by atoms with E-state index in [4.69, 9.17) is 0 Å². The highest BCUT2D eigenvalue weighted by molar-refractivity contribution is 5.82. The van der Waals surface area contributed by atoms with Crippen molar-refractivity contribution in [3.05, 3.63) is 80.9 Å². The molecule has 3 aliphatic rings. The van der Waals surface area contributed by atoms with E-state index in [1.165, 1.54) is 44.1 Å². The first-order valence-electron chi connectivity index (χ1n) is 12.1. The highest BCUT2D eigenvalue weighted by Crippen LogP contribution is 2.54. The van der Waals surface area contributed by atoms with Crippen molar-refractivity contribution >= 4 is 11.1 Å². The smallest absolute Gasteiger partial charge is 0.00605 e. The van der Waals surface area contributed by atoms with Gasteiger partial charge in [0.1, 0.15) is 0 Å². The van der Waals surface area contributed by atoms with Gasteiger partial charge in [-0.2, -0.15) is 0 Å². The first kappa shape index (κ1) is 19.9. The normalized spacial score (nSPS) is 19.9. The van der Waals surface area contributed by atoms with E-state index in [1.807, 2.05) is 0 Å². The van der Waals surface area contributed by atoms with Gasteiger partial charge < -0.3 is 0 Å². The quantitative estimate of drug-likeness (QED) is 0.474. The molecule has 0 aliphatic heterocycles. The van der Waals surface area contributed by atoms with Gasteiger partial charge in [-0.25, -0.2) is 0 Å². The minimum absolute atomic E-state index is 0.595. The molecule has 0 amide bonds. The average Bonchev–Trinajstić information content (AvgIpc) is 3.14. The van der Waals surface area contributed by atoms with Gasteiger partial charge in [-0.1, -0.05) is 75.2 Å². The fourth-order valence-corrected chi connectivity index (χ4v) is 6.50. The summed E-state index contributed by atoms with van der Waals surface area (Å²) in [5.74, 6) is 1.90. The lowest BCUT2D eigenvalue weighted by atomic mass is 9.83. The van der Waals surface area contributed by atoms with Crippen LogP contribution < -0.4 is 0 Å². The molecule has 0 saturated heterocycles. The van der Waals surface area contributed by atoms with E-state index in [0.29, 0.717) is 17.8 Å². The standard InChI is InChI=1S/C30H36/c1-18(2)23-10-6-9-22-17-21(20(5)29(22)23)15-16-26-25-12-8-14-28(26)30-24(19(3)4)11-7-13-27(25)30/h6-7,9-11,13,18-19,25H,8,12,14-17H2,1-5H3. The Balaban J connectivity index is 1.46. The molecule has 0 N–H and O–H groups in total. The van der Waals surface area contributed by atoms with Gasteiger partial charge in [0.05, 0.1) is 0 Å². The van der Waals surface area contributed by atoms with Crippen LogP contribution in [-0.2, 0) is 6.42 Å². The SMILES string of the molecule is CC1=C(CCC2=C3CCCC2c2cccc(C(C)C)c23)Cc2cccc(C(C)C)c21. The van der Waals surface area contributed by atoms with E-state index < -0.39 is 0 Å². The molecule has 0 saturated carbocycles. The summed E-state index contributed by atoms with van der Waals surface area (Å²) >= 11 is 0. The van der Waals surface area contributed by atoms with Gasteiger partial charge in [-0.05, 0) is 102 Å². The van der Waals surface area contributed by atoms with Crippen LogP contribution in [0, 0.1) is 0 Å². The number of hydrogen-bond donors (Lipinski definition) is 0. The van der Waals surface area contributed by atoms with E-state index in [9.17, 15) is 0 Å². The van der Waals surface area contributed by atoms with Gasteiger partial charge in [0.25, 0.3) is 0 Å². The Hall–Kier alpha value is -2.08. The zero-order valence-corrected chi connectivity index (χ0v) is 19.4. The maximum Gasteiger partial charge on any atom is 0.00605 e. The van der Waals surface area contributed by atoms with Crippen LogP contribution in [0.2, 0.25) is 0 Å². The maximum absolute atomic E-state index is 2.43. The number of hydrogen-bond acceptors (Lipinski definition) is 0. The molecule has 0 fully saturated rings. The summed E-state index contributed by atoms with van der Waals surface area (Å²) in [6, 6.07) is 14.1. The zero-order chi connectivity index (χ0) is 21.0. The number of allylic oxidation sites excluding steroid dienone is 4. The molecule has 3 aliphatic carbocycles. The van der Waals surface area contributed by atoms with Crippen LogP contribution in [0.3, 0.4) is 0 Å². The zero-order valence-electron chi connectivity index (χ0n) is 19.4. The lowest BCUT2D eigenvalue weighted by Crippen LogP contribution is -2.03. The lowest BCUT2D eigenvalue weighted by molar-refractivity contribution is 0.628. The van der Waals surface area contributed by atoms with Crippen molar-refractivity contribution in [2.45, 2.75) is 90.9 Å². The van der Waals surface area contributed by atoms with Crippen molar-refractivity contribution in [2.24, 2.45) is 0 Å². The molecule has 156 valence electrons. The fraction of sp³-hybridized carbons (Fsp3) is 0.467. The average molecular weight is 397 g/mol. The van der Waals surface area contributed by atoms with Crippen LogP contribution in [0.4, 0.5) is 0 Å². The summed E-state index contributed by atoms with van der Waals surface area (Å²) in [5.41, 5.74) is 16.3. The number of rotatable bonds is 5. The Morgan fingerprint density at radius 3 is 2.30 bits per heavy atom. The Kier molecular flexibility index (Phi) is 5.00. The first-order valence-corrected chi connectivity index (χ1v) is 12.1. The molecule has 0 spiro atoms. The fourth-order valence-electron chi connectivity index (χ4n) is 6.50. The Morgan fingerprint density at radius 1 is 0.867 bits per heavy atom. The molecule has 2 bridgehead atoms. The minimum atomic E-state index is 0.595. The van der Waals surface area contributed by atoms with Crippen molar-refractivity contribution in [1.29, 1.82) is 0 Å². The van der Waals surface area contributed by atoms with Crippen molar-refractivity contribution in [3.63, 3.8) is 0 Å². The summed E-state index contributed by atoms with van der Waals surface area (Å²) in [6.45, 7) is 11.8. The van der Waals surface area contributed by atoms with Crippen LogP contribution in [0.1, 0.15) is 118 Å². The van der Waals surface area contributed by atoms with Crippen molar-refractivity contribution in [3.8, 4) is 0 Å². The van der Waals surface area contributed by atoms with E-state index in [1.54, 1.807) is 50.1 Å². The van der Waals surface area contributed by atoms with Gasteiger partial charge in [-0.15, -0.1) is 0 Å². The third-order valence-corrected chi connectivity index (χ3v) is 7.97. The number of benzene rings is 2. The Bertz CT molecular complexity index is 1060. The Morgan fingerprint density at radius 2 is 1.57 bits per heavy atom. The Labute approximate surface area is 183 Å². The molecule has 0 nitrogen and oxygen atoms in total. The summed E-state index contributed by atoms with van der Waals surface area (Å²) < 4.78 is 0. The van der Waals surface area contributed by atoms with Crippen LogP contribution in [-0.4, -0.2) is 0 Å². The molecule has 0 radical (unpaired) electrons. The lowest BCUT2D eigenvalue weighted by Gasteiger charge is -2.21. The summed E-state index contributed by atoms with van der Waals surface area (Å²) in [7, 11) is 0. The van der Waals surface area contributed by atoms with E-state index in [-0.39, 0.29) is 0 Å². The second kappa shape index (κ2) is 7.56. The van der Waals surface area contributed by atoms with Gasteiger partial charge >= 0.3 is 0 Å². The second-order valence-corrected chi connectivity index (χ2v) is 10.4. The highest BCUT2D eigenvalue weighted by atomic mass is 14.4. The first-order chi connectivity index (χ1) is 14.5. The molecule has 30 heavy (non-hydrogen) atoms. The number of fused-ring (bicyclic) bond motifs is 5. The predicted octanol–water partition coefficient (Wildman–Crippen LogP) is 8.78. The topological polar surface area (TPSA) is 0 Å². The van der Waals surface area contributed by atoms with Crippen molar-refractivity contribution < 1.29 is 0 Å². The molecule has 0 aromatic heterocycles. The molecular formula is C30H36. The van der Waals surface area contributed by atoms with Crippen molar-refractivity contribution in [2.75, 3.05) is 0 Å². The molecule has 0 heteroatoms. The van der Waals surface area contributed by atoms with Gasteiger partial charge in [0.15, 0.2) is 0 Å². The van der Waals surface area contributed by atoms with E-state index in [0.717, 1.165) is 0 Å². The van der Waals surface area contributed by atoms with Gasteiger partial charge in [0.2, 0.25) is 0 Å². The minimum Gasteiger partial charge on any atom is -0.0619 e. The van der Waals surface area contributed by atoms with E-state index >= 15 is 0 Å². The summed E-state index contributed by atoms with van der Waals surface area (Å²) in [5, 5.41) is 0. The second-order valence-electron chi connectivity index (χ2n) is 10.4. The largest absolute Gasteiger partial charge is 0.0619 e. The third-order valence-electron chi connectivity index (χ3n) is 7.97. The monoisotopic (exact) mass is 396 g/mol. The molecule has 2 aromatic carbocycles. The molecule has 1 unspecified atom stereocenters.